The molecule has 0 aliphatic heterocycles. The highest BCUT2D eigenvalue weighted by Gasteiger charge is 2.16. The number of oxazole rings is 1. The van der Waals surface area contributed by atoms with Gasteiger partial charge in [0.25, 0.3) is 0 Å². The molecule has 0 aliphatic carbocycles. The van der Waals surface area contributed by atoms with E-state index in [1.54, 1.807) is 34.9 Å². The predicted molar refractivity (Wildman–Crippen MR) is 120 cm³/mol. The van der Waals surface area contributed by atoms with Crippen molar-refractivity contribution >= 4 is 27.8 Å². The lowest BCUT2D eigenvalue weighted by Crippen LogP contribution is -2.13. The predicted octanol–water partition coefficient (Wildman–Crippen LogP) is 3.66. The molecule has 0 fully saturated rings. The van der Waals surface area contributed by atoms with Gasteiger partial charge in [0.05, 0.1) is 23.8 Å². The summed E-state index contributed by atoms with van der Waals surface area (Å²) in [6, 6.07) is 13.6. The minimum atomic E-state index is -0.518. The molecule has 10 heteroatoms. The van der Waals surface area contributed by atoms with Gasteiger partial charge in [-0.1, -0.05) is 6.07 Å². The van der Waals surface area contributed by atoms with Crippen molar-refractivity contribution in [2.24, 2.45) is 0 Å². The molecule has 0 aliphatic rings. The van der Waals surface area contributed by atoms with Gasteiger partial charge in [0.1, 0.15) is 35.5 Å². The molecule has 3 aromatic heterocycles. The number of H-pyrrole nitrogens is 1. The largest absolute Gasteiger partial charge is 0.496 e. The number of aromatic nitrogens is 4. The topological polar surface area (TPSA) is 122 Å². The van der Waals surface area contributed by atoms with Gasteiger partial charge in [-0.05, 0) is 30.3 Å². The fraction of sp³-hybridized carbons (Fsp3) is 0.130. The zero-order chi connectivity index (χ0) is 22.9. The quantitative estimate of drug-likeness (QED) is 0.410. The van der Waals surface area contributed by atoms with Crippen LogP contribution in [0.1, 0.15) is 5.69 Å². The van der Waals surface area contributed by atoms with Crippen LogP contribution in [0.4, 0.5) is 10.2 Å². The molecule has 0 saturated carbocycles. The summed E-state index contributed by atoms with van der Waals surface area (Å²) in [5, 5.41) is 13.3. The number of nitrogens with one attached hydrogen (secondary N) is 2. The highest BCUT2D eigenvalue weighted by molar-refractivity contribution is 5.89. The molecule has 2 N–H and O–H groups in total. The molecule has 3 heterocycles. The molecule has 0 bridgehead atoms. The average Bonchev–Trinajstić information content (AvgIpc) is 3.39. The molecular weight excluding hydrogens is 427 g/mol. The lowest BCUT2D eigenvalue weighted by Gasteiger charge is -2.11. The molecule has 0 spiro atoms. The second-order valence-electron chi connectivity index (χ2n) is 7.25. The van der Waals surface area contributed by atoms with Gasteiger partial charge in [0.15, 0.2) is 5.58 Å². The average molecular weight is 444 g/mol. The second-order valence-corrected chi connectivity index (χ2v) is 7.25. The first kappa shape index (κ1) is 20.3. The van der Waals surface area contributed by atoms with Crippen molar-refractivity contribution in [1.29, 1.82) is 5.26 Å². The number of nitrogens with zero attached hydrogens (tertiary/aromatic N) is 4. The molecule has 33 heavy (non-hydrogen) atoms. The van der Waals surface area contributed by atoms with Gasteiger partial charge in [0, 0.05) is 30.1 Å². The zero-order valence-electron chi connectivity index (χ0n) is 17.4. The maximum atomic E-state index is 14.6. The number of halogens is 1. The van der Waals surface area contributed by atoms with E-state index in [0.717, 1.165) is 5.56 Å². The van der Waals surface area contributed by atoms with E-state index in [1.165, 1.54) is 19.5 Å². The lowest BCUT2D eigenvalue weighted by atomic mass is 10.1. The third kappa shape index (κ3) is 3.65. The van der Waals surface area contributed by atoms with Crippen LogP contribution in [0.5, 0.6) is 5.75 Å². The minimum absolute atomic E-state index is 0.317. The van der Waals surface area contributed by atoms with Crippen LogP contribution in [0.15, 0.2) is 58.0 Å². The third-order valence-electron chi connectivity index (χ3n) is 5.33. The van der Waals surface area contributed by atoms with Crippen LogP contribution in [-0.4, -0.2) is 33.2 Å². The van der Waals surface area contributed by atoms with Gasteiger partial charge in [0.2, 0.25) is 0 Å². The molecule has 5 rings (SSSR count). The first-order valence-corrected chi connectivity index (χ1v) is 10.0. The van der Waals surface area contributed by atoms with E-state index in [4.69, 9.17) is 9.15 Å². The second kappa shape index (κ2) is 8.12. The summed E-state index contributed by atoms with van der Waals surface area (Å²) in [6.45, 7) is 0.716. The summed E-state index contributed by atoms with van der Waals surface area (Å²) in [5.74, 6) is 0.118. The molecule has 0 saturated heterocycles. The van der Waals surface area contributed by atoms with Crippen LogP contribution in [0.25, 0.3) is 33.3 Å². The van der Waals surface area contributed by atoms with Crippen LogP contribution in [0.2, 0.25) is 0 Å². The van der Waals surface area contributed by atoms with Crippen LogP contribution < -0.4 is 15.8 Å². The molecule has 9 nitrogen and oxygen atoms in total. The summed E-state index contributed by atoms with van der Waals surface area (Å²) in [5.41, 5.74) is 3.09. The maximum absolute atomic E-state index is 14.6. The summed E-state index contributed by atoms with van der Waals surface area (Å²) in [4.78, 5) is 22.5. The van der Waals surface area contributed by atoms with E-state index in [9.17, 15) is 14.4 Å². The van der Waals surface area contributed by atoms with Gasteiger partial charge in [-0.25, -0.2) is 19.2 Å². The molecule has 0 radical (unpaired) electrons. The van der Waals surface area contributed by atoms with E-state index in [-0.39, 0.29) is 0 Å². The number of hydrogen-bond donors (Lipinski definition) is 2. The van der Waals surface area contributed by atoms with Crippen LogP contribution in [-0.2, 0) is 6.54 Å². The number of anilines is 1. The van der Waals surface area contributed by atoms with Crippen molar-refractivity contribution in [3.8, 4) is 23.1 Å². The number of ether oxygens (including phenoxy) is 1. The Morgan fingerprint density at radius 1 is 1.24 bits per heavy atom. The van der Waals surface area contributed by atoms with Crippen molar-refractivity contribution in [2.75, 3.05) is 19.0 Å². The standard InChI is InChI=1S/C23H17FN6O3/c1-32-19-5-3-16(24)22-15(19)9-14(11-25)30(22)7-6-26-21-10-18(27-12-28-21)13-2-4-17-20(8-13)33-23(31)29-17/h2-5,8-10,12H,6-7H2,1H3,(H,29,31)(H,26,27,28). The Morgan fingerprint density at radius 2 is 2.12 bits per heavy atom. The van der Waals surface area contributed by atoms with Crippen molar-refractivity contribution in [3.63, 3.8) is 0 Å². The van der Waals surface area contributed by atoms with Crippen molar-refractivity contribution in [1.82, 2.24) is 19.5 Å². The Hall–Kier alpha value is -4.65. The Balaban J connectivity index is 1.38. The first-order chi connectivity index (χ1) is 16.1. The lowest BCUT2D eigenvalue weighted by molar-refractivity contribution is 0.419. The number of hydrogen-bond acceptors (Lipinski definition) is 7. The van der Waals surface area contributed by atoms with E-state index in [2.05, 4.69) is 26.3 Å². The molecule has 5 aromatic rings. The number of methoxy groups -OCH3 is 1. The van der Waals surface area contributed by atoms with E-state index >= 15 is 0 Å². The van der Waals surface area contributed by atoms with Crippen molar-refractivity contribution in [3.05, 3.63) is 70.9 Å². The number of aromatic amines is 1. The highest BCUT2D eigenvalue weighted by atomic mass is 19.1. The molecule has 164 valence electrons. The Bertz CT molecular complexity index is 1590. The first-order valence-electron chi connectivity index (χ1n) is 10.0. The SMILES string of the molecule is COc1ccc(F)c2c1cc(C#N)n2CCNc1cc(-c2ccc3[nH]c(=O)oc3c2)ncn1. The van der Waals surface area contributed by atoms with Crippen molar-refractivity contribution in [2.45, 2.75) is 6.54 Å². The van der Waals surface area contributed by atoms with E-state index in [0.29, 0.717) is 58.0 Å². The third-order valence-corrected chi connectivity index (χ3v) is 5.33. The smallest absolute Gasteiger partial charge is 0.417 e. The maximum Gasteiger partial charge on any atom is 0.417 e. The van der Waals surface area contributed by atoms with Gasteiger partial charge >= 0.3 is 5.76 Å². The van der Waals surface area contributed by atoms with Gasteiger partial charge in [-0.3, -0.25) is 4.98 Å². The fourth-order valence-electron chi connectivity index (χ4n) is 3.83. The van der Waals surface area contributed by atoms with Gasteiger partial charge in [-0.2, -0.15) is 5.26 Å². The van der Waals surface area contributed by atoms with Crippen LogP contribution in [0, 0.1) is 17.1 Å². The Kier molecular flexibility index (Phi) is 4.99. The monoisotopic (exact) mass is 444 g/mol. The fourth-order valence-corrected chi connectivity index (χ4v) is 3.83. The van der Waals surface area contributed by atoms with E-state index in [1.807, 2.05) is 6.07 Å². The summed E-state index contributed by atoms with van der Waals surface area (Å²) < 4.78 is 26.6. The Morgan fingerprint density at radius 3 is 2.94 bits per heavy atom. The van der Waals surface area contributed by atoms with Gasteiger partial charge in [-0.15, -0.1) is 0 Å². The molecule has 2 aromatic carbocycles. The van der Waals surface area contributed by atoms with Crippen LogP contribution in [0.3, 0.4) is 0 Å². The minimum Gasteiger partial charge on any atom is -0.496 e. The molecule has 0 unspecified atom stereocenters. The van der Waals surface area contributed by atoms with Crippen LogP contribution >= 0.6 is 0 Å². The zero-order valence-corrected chi connectivity index (χ0v) is 17.4. The van der Waals surface area contributed by atoms with E-state index < -0.39 is 11.6 Å². The number of rotatable bonds is 6. The highest BCUT2D eigenvalue weighted by Crippen LogP contribution is 2.31. The van der Waals surface area contributed by atoms with Crippen molar-refractivity contribution < 1.29 is 13.5 Å². The summed E-state index contributed by atoms with van der Waals surface area (Å²) >= 11 is 0. The molecule has 0 amide bonds. The number of nitriles is 1. The summed E-state index contributed by atoms with van der Waals surface area (Å²) in [7, 11) is 1.51. The molecule has 0 atom stereocenters. The van der Waals surface area contributed by atoms with Gasteiger partial charge < -0.3 is 19.0 Å². The number of benzene rings is 2. The Labute approximate surface area is 186 Å². The normalized spacial score (nSPS) is 11.1. The number of fused-ring (bicyclic) bond motifs is 2. The summed E-state index contributed by atoms with van der Waals surface area (Å²) in [6.07, 6.45) is 1.42. The molecular formula is C23H17FN6O3.